The smallest absolute Gasteiger partial charge is 0.286 e. The van der Waals surface area contributed by atoms with Crippen LogP contribution < -0.4 is 9.47 Å². The molecular formula is C19H25N3O4S. The molecule has 3 rings (SSSR count). The van der Waals surface area contributed by atoms with Crippen LogP contribution in [-0.4, -0.2) is 81.5 Å². The molecule has 0 aromatic heterocycles. The molecule has 1 amide bonds. The quantitative estimate of drug-likeness (QED) is 0.542. The van der Waals surface area contributed by atoms with Gasteiger partial charge in [-0.2, -0.15) is 4.99 Å². The molecule has 2 heterocycles. The van der Waals surface area contributed by atoms with Gasteiger partial charge in [0.2, 0.25) is 0 Å². The number of aliphatic imine (C=N–C) groups is 1. The molecule has 0 radical (unpaired) electrons. The summed E-state index contributed by atoms with van der Waals surface area (Å²) in [7, 11) is 5.33. The zero-order chi connectivity index (χ0) is 19.2. The van der Waals surface area contributed by atoms with Gasteiger partial charge in [-0.15, -0.1) is 0 Å². The average molecular weight is 391 g/mol. The molecule has 0 bridgehead atoms. The number of ether oxygens (including phenoxy) is 3. The van der Waals surface area contributed by atoms with Crippen molar-refractivity contribution in [3.63, 3.8) is 0 Å². The van der Waals surface area contributed by atoms with E-state index in [-0.39, 0.29) is 5.91 Å². The van der Waals surface area contributed by atoms with E-state index < -0.39 is 0 Å². The number of nitrogens with zero attached hydrogens (tertiary/aromatic N) is 3. The Labute approximate surface area is 164 Å². The van der Waals surface area contributed by atoms with Gasteiger partial charge in [0.15, 0.2) is 16.7 Å². The first kappa shape index (κ1) is 19.7. The number of likely N-dealkylation sites (N-methyl/N-ethyl adjacent to an activating group) is 1. The first-order valence-corrected chi connectivity index (χ1v) is 9.68. The number of rotatable bonds is 6. The van der Waals surface area contributed by atoms with Crippen molar-refractivity contribution >= 4 is 28.9 Å². The number of hydrogen-bond donors (Lipinski definition) is 0. The predicted octanol–water partition coefficient (Wildman–Crippen LogP) is 1.94. The van der Waals surface area contributed by atoms with Crippen molar-refractivity contribution in [1.82, 2.24) is 9.80 Å². The van der Waals surface area contributed by atoms with Gasteiger partial charge in [-0.1, -0.05) is 6.07 Å². The standard InChI is InChI=1S/C19H25N3O4S/c1-21-6-8-22(9-7-21)19-20-18(23)17(27-19)13-14-4-5-15(16(12-14)25-3)26-11-10-24-2/h4-5,12-13H,6-11H2,1-3H3/b17-13+. The normalized spacial score (nSPS) is 19.5. The molecule has 0 aliphatic carbocycles. The molecule has 2 aliphatic rings. The van der Waals surface area contributed by atoms with Crippen LogP contribution >= 0.6 is 11.8 Å². The maximum atomic E-state index is 12.3. The second-order valence-electron chi connectivity index (χ2n) is 6.35. The molecule has 1 saturated heterocycles. The first-order chi connectivity index (χ1) is 13.1. The highest BCUT2D eigenvalue weighted by Crippen LogP contribution is 2.33. The van der Waals surface area contributed by atoms with Crippen LogP contribution in [0.5, 0.6) is 11.5 Å². The molecule has 8 heteroatoms. The third-order valence-corrected chi connectivity index (χ3v) is 5.46. The third-order valence-electron chi connectivity index (χ3n) is 4.41. The van der Waals surface area contributed by atoms with E-state index >= 15 is 0 Å². The van der Waals surface area contributed by atoms with Crippen molar-refractivity contribution in [2.45, 2.75) is 0 Å². The molecule has 1 aromatic rings. The highest BCUT2D eigenvalue weighted by molar-refractivity contribution is 8.18. The topological polar surface area (TPSA) is 63.6 Å². The average Bonchev–Trinajstić information content (AvgIpc) is 3.04. The van der Waals surface area contributed by atoms with Crippen LogP contribution in [0.25, 0.3) is 6.08 Å². The lowest BCUT2D eigenvalue weighted by molar-refractivity contribution is -0.113. The summed E-state index contributed by atoms with van der Waals surface area (Å²) >= 11 is 1.44. The minimum absolute atomic E-state index is 0.187. The number of amides is 1. The minimum Gasteiger partial charge on any atom is -0.493 e. The number of amidine groups is 1. The molecule has 0 N–H and O–H groups in total. The van der Waals surface area contributed by atoms with E-state index in [4.69, 9.17) is 14.2 Å². The summed E-state index contributed by atoms with van der Waals surface area (Å²) in [5, 5.41) is 0.797. The maximum Gasteiger partial charge on any atom is 0.286 e. The van der Waals surface area contributed by atoms with Gasteiger partial charge in [0.25, 0.3) is 5.91 Å². The monoisotopic (exact) mass is 391 g/mol. The number of carbonyl (C=O) groups is 1. The summed E-state index contributed by atoms with van der Waals surface area (Å²) in [6.45, 7) is 4.70. The third kappa shape index (κ3) is 5.03. The van der Waals surface area contributed by atoms with E-state index in [1.165, 1.54) is 11.8 Å². The van der Waals surface area contributed by atoms with E-state index in [1.807, 2.05) is 24.3 Å². The molecule has 2 aliphatic heterocycles. The van der Waals surface area contributed by atoms with Crippen LogP contribution in [0.2, 0.25) is 0 Å². The Morgan fingerprint density at radius 3 is 2.63 bits per heavy atom. The Morgan fingerprint density at radius 1 is 1.15 bits per heavy atom. The van der Waals surface area contributed by atoms with Gasteiger partial charge in [-0.3, -0.25) is 4.79 Å². The van der Waals surface area contributed by atoms with Crippen LogP contribution in [0.15, 0.2) is 28.1 Å². The lowest BCUT2D eigenvalue weighted by atomic mass is 10.2. The molecule has 1 aromatic carbocycles. The summed E-state index contributed by atoms with van der Waals surface area (Å²) in [5.41, 5.74) is 0.872. The molecule has 0 unspecified atom stereocenters. The van der Waals surface area contributed by atoms with Crippen molar-refractivity contribution in [2.24, 2.45) is 4.99 Å². The van der Waals surface area contributed by atoms with Crippen molar-refractivity contribution in [3.8, 4) is 11.5 Å². The molecule has 0 saturated carbocycles. The SMILES string of the molecule is COCCOc1ccc(/C=C2/SC(N3CCN(C)CC3)=NC2=O)cc1OC. The first-order valence-electron chi connectivity index (χ1n) is 8.86. The van der Waals surface area contributed by atoms with Gasteiger partial charge in [-0.25, -0.2) is 0 Å². The Kier molecular flexibility index (Phi) is 6.76. The number of benzene rings is 1. The van der Waals surface area contributed by atoms with Crippen LogP contribution in [0.4, 0.5) is 0 Å². The minimum atomic E-state index is -0.187. The lowest BCUT2D eigenvalue weighted by Gasteiger charge is -2.32. The Bertz CT molecular complexity index is 742. The summed E-state index contributed by atoms with van der Waals surface area (Å²) in [5.74, 6) is 1.08. The van der Waals surface area contributed by atoms with Crippen molar-refractivity contribution in [3.05, 3.63) is 28.7 Å². The van der Waals surface area contributed by atoms with Crippen LogP contribution in [-0.2, 0) is 9.53 Å². The van der Waals surface area contributed by atoms with Gasteiger partial charge in [0, 0.05) is 33.3 Å². The number of hydrogen-bond acceptors (Lipinski definition) is 7. The second-order valence-corrected chi connectivity index (χ2v) is 7.36. The van der Waals surface area contributed by atoms with Gasteiger partial charge < -0.3 is 24.0 Å². The van der Waals surface area contributed by atoms with Gasteiger partial charge >= 0.3 is 0 Å². The fraction of sp³-hybridized carbons (Fsp3) is 0.474. The van der Waals surface area contributed by atoms with Gasteiger partial charge in [0.05, 0.1) is 18.6 Å². The second kappa shape index (κ2) is 9.25. The van der Waals surface area contributed by atoms with E-state index in [0.29, 0.717) is 29.6 Å². The molecule has 0 atom stereocenters. The number of methoxy groups -OCH3 is 2. The van der Waals surface area contributed by atoms with E-state index in [2.05, 4.69) is 21.8 Å². The fourth-order valence-corrected chi connectivity index (χ4v) is 3.78. The van der Waals surface area contributed by atoms with E-state index in [9.17, 15) is 4.79 Å². The molecule has 7 nitrogen and oxygen atoms in total. The zero-order valence-corrected chi connectivity index (χ0v) is 16.8. The Hall–Kier alpha value is -2.03. The number of carbonyl (C=O) groups excluding carboxylic acids is 1. The van der Waals surface area contributed by atoms with Crippen molar-refractivity contribution in [1.29, 1.82) is 0 Å². The van der Waals surface area contributed by atoms with Gasteiger partial charge in [-0.05, 0) is 42.6 Å². The Balaban J connectivity index is 1.68. The summed E-state index contributed by atoms with van der Waals surface area (Å²) in [4.78, 5) is 21.6. The predicted molar refractivity (Wildman–Crippen MR) is 107 cm³/mol. The molecule has 0 spiro atoms. The molecule has 27 heavy (non-hydrogen) atoms. The van der Waals surface area contributed by atoms with Gasteiger partial charge in [0.1, 0.15) is 6.61 Å². The lowest BCUT2D eigenvalue weighted by Crippen LogP contribution is -2.46. The maximum absolute atomic E-state index is 12.3. The fourth-order valence-electron chi connectivity index (χ4n) is 2.81. The van der Waals surface area contributed by atoms with Crippen molar-refractivity contribution in [2.75, 3.05) is 60.7 Å². The summed E-state index contributed by atoms with van der Waals surface area (Å²) in [6.07, 6.45) is 1.85. The largest absolute Gasteiger partial charge is 0.493 e. The van der Waals surface area contributed by atoms with Crippen LogP contribution in [0.1, 0.15) is 5.56 Å². The van der Waals surface area contributed by atoms with E-state index in [0.717, 1.165) is 36.9 Å². The van der Waals surface area contributed by atoms with Crippen molar-refractivity contribution < 1.29 is 19.0 Å². The highest BCUT2D eigenvalue weighted by Gasteiger charge is 2.27. The molecule has 146 valence electrons. The van der Waals surface area contributed by atoms with E-state index in [1.54, 1.807) is 14.2 Å². The summed E-state index contributed by atoms with van der Waals surface area (Å²) in [6, 6.07) is 5.60. The number of thioether (sulfide) groups is 1. The molecular weight excluding hydrogens is 366 g/mol. The number of piperazine rings is 1. The highest BCUT2D eigenvalue weighted by atomic mass is 32.2. The van der Waals surface area contributed by atoms with Crippen LogP contribution in [0, 0.1) is 0 Å². The zero-order valence-electron chi connectivity index (χ0n) is 15.9. The summed E-state index contributed by atoms with van der Waals surface area (Å²) < 4.78 is 16.0. The Morgan fingerprint density at radius 2 is 1.93 bits per heavy atom. The molecule has 1 fully saturated rings. The van der Waals surface area contributed by atoms with Crippen LogP contribution in [0.3, 0.4) is 0 Å².